The quantitative estimate of drug-likeness (QED) is 0.780. The maximum Gasteiger partial charge on any atom is 0.243 e. The van der Waals surface area contributed by atoms with Crippen LogP contribution in [0.3, 0.4) is 0 Å². The van der Waals surface area contributed by atoms with Gasteiger partial charge in [0.2, 0.25) is 15.9 Å². The number of piperidine rings is 1. The van der Waals surface area contributed by atoms with Crippen LogP contribution in [0.2, 0.25) is 0 Å². The molecule has 2 aliphatic rings. The van der Waals surface area contributed by atoms with Crippen LogP contribution < -0.4 is 0 Å². The summed E-state index contributed by atoms with van der Waals surface area (Å²) in [6, 6.07) is 7.09. The van der Waals surface area contributed by atoms with Crippen molar-refractivity contribution in [1.29, 1.82) is 0 Å². The Balaban J connectivity index is 1.64. The molecule has 0 radical (unpaired) electrons. The van der Waals surface area contributed by atoms with Crippen molar-refractivity contribution >= 4 is 15.9 Å². The molecule has 1 aliphatic carbocycles. The van der Waals surface area contributed by atoms with Crippen molar-refractivity contribution in [2.24, 2.45) is 5.92 Å². The van der Waals surface area contributed by atoms with Gasteiger partial charge in [-0.15, -0.1) is 0 Å². The highest BCUT2D eigenvalue weighted by Gasteiger charge is 2.32. The normalized spacial score (nSPS) is 20.2. The van der Waals surface area contributed by atoms with Gasteiger partial charge < -0.3 is 4.90 Å². The number of nitrogens with zero attached hydrogens (tertiary/aromatic N) is 2. The molecule has 6 heteroatoms. The lowest BCUT2D eigenvalue weighted by molar-refractivity contribution is -0.131. The van der Waals surface area contributed by atoms with Gasteiger partial charge in [-0.3, -0.25) is 4.79 Å². The van der Waals surface area contributed by atoms with Gasteiger partial charge in [0.25, 0.3) is 0 Å². The fourth-order valence-corrected chi connectivity index (χ4v) is 4.97. The summed E-state index contributed by atoms with van der Waals surface area (Å²) >= 11 is 0. The number of benzene rings is 1. The minimum atomic E-state index is -3.40. The number of hydrogen-bond acceptors (Lipinski definition) is 3. The van der Waals surface area contributed by atoms with E-state index < -0.39 is 10.0 Å². The van der Waals surface area contributed by atoms with Crippen LogP contribution in [0.15, 0.2) is 29.2 Å². The Bertz CT molecular complexity index is 705. The van der Waals surface area contributed by atoms with Gasteiger partial charge in [-0.2, -0.15) is 4.31 Å². The van der Waals surface area contributed by atoms with Crippen LogP contribution in [0.25, 0.3) is 0 Å². The molecule has 0 spiro atoms. The van der Waals surface area contributed by atoms with Gasteiger partial charge in [-0.25, -0.2) is 8.42 Å². The average Bonchev–Trinajstić information content (AvgIpc) is 3.47. The van der Waals surface area contributed by atoms with Crippen LogP contribution in [0.4, 0.5) is 0 Å². The van der Waals surface area contributed by atoms with Gasteiger partial charge in [0.15, 0.2) is 0 Å². The number of rotatable bonds is 6. The van der Waals surface area contributed by atoms with Crippen molar-refractivity contribution < 1.29 is 13.2 Å². The monoisotopic (exact) mass is 364 g/mol. The predicted molar refractivity (Wildman–Crippen MR) is 97.7 cm³/mol. The van der Waals surface area contributed by atoms with E-state index in [2.05, 4.69) is 6.92 Å². The second-order valence-corrected chi connectivity index (χ2v) is 9.31. The van der Waals surface area contributed by atoms with Crippen LogP contribution in [0, 0.1) is 5.92 Å². The lowest BCUT2D eigenvalue weighted by Crippen LogP contribution is -2.37. The third-order valence-corrected chi connectivity index (χ3v) is 7.45. The molecule has 0 bridgehead atoms. The van der Waals surface area contributed by atoms with E-state index in [1.165, 1.54) is 12.8 Å². The summed E-state index contributed by atoms with van der Waals surface area (Å²) in [4.78, 5) is 14.6. The van der Waals surface area contributed by atoms with E-state index in [9.17, 15) is 13.2 Å². The third-order valence-electron chi connectivity index (χ3n) is 5.54. The zero-order valence-electron chi connectivity index (χ0n) is 15.1. The van der Waals surface area contributed by atoms with Crippen molar-refractivity contribution in [2.45, 2.75) is 56.4 Å². The molecule has 0 N–H and O–H groups in total. The first-order chi connectivity index (χ1) is 11.9. The Labute approximate surface area is 151 Å². The Hall–Kier alpha value is -1.40. The number of sulfonamides is 1. The summed E-state index contributed by atoms with van der Waals surface area (Å²) in [6.45, 7) is 3.31. The minimum absolute atomic E-state index is 0.0889. The zero-order chi connectivity index (χ0) is 18.0. The van der Waals surface area contributed by atoms with Crippen molar-refractivity contribution in [1.82, 2.24) is 9.21 Å². The van der Waals surface area contributed by atoms with Crippen LogP contribution in [0.5, 0.6) is 0 Å². The number of likely N-dealkylation sites (N-methyl/N-ethyl adjacent to an activating group) is 1. The largest absolute Gasteiger partial charge is 0.342 e. The fraction of sp³-hybridized carbons (Fsp3) is 0.632. The lowest BCUT2D eigenvalue weighted by atomic mass is 10.1. The molecule has 1 saturated heterocycles. The van der Waals surface area contributed by atoms with Gasteiger partial charge in [-0.1, -0.05) is 18.6 Å². The van der Waals surface area contributed by atoms with Gasteiger partial charge in [0.05, 0.1) is 11.3 Å². The molecule has 0 aromatic heterocycles. The molecule has 2 fully saturated rings. The molecule has 1 aromatic carbocycles. The Kier molecular flexibility index (Phi) is 5.49. The third kappa shape index (κ3) is 4.23. The van der Waals surface area contributed by atoms with E-state index in [1.807, 2.05) is 11.9 Å². The molecule has 5 nitrogen and oxygen atoms in total. The van der Waals surface area contributed by atoms with Gasteiger partial charge >= 0.3 is 0 Å². The highest BCUT2D eigenvalue weighted by atomic mass is 32.2. The molecule has 1 aromatic rings. The first-order valence-electron chi connectivity index (χ1n) is 9.24. The average molecular weight is 365 g/mol. The highest BCUT2D eigenvalue weighted by Crippen LogP contribution is 2.34. The lowest BCUT2D eigenvalue weighted by Gasteiger charge is -2.26. The van der Waals surface area contributed by atoms with E-state index in [1.54, 1.807) is 28.6 Å². The van der Waals surface area contributed by atoms with E-state index in [4.69, 9.17) is 0 Å². The Morgan fingerprint density at radius 2 is 1.76 bits per heavy atom. The molecule has 1 amide bonds. The van der Waals surface area contributed by atoms with Gasteiger partial charge in [0, 0.05) is 26.2 Å². The second-order valence-electron chi connectivity index (χ2n) is 7.37. The van der Waals surface area contributed by atoms with Crippen molar-refractivity contribution in [3.63, 3.8) is 0 Å². The van der Waals surface area contributed by atoms with E-state index in [0.29, 0.717) is 30.3 Å². The summed E-state index contributed by atoms with van der Waals surface area (Å²) in [6.07, 6.45) is 5.69. The molecular formula is C19H28N2O3S. The summed E-state index contributed by atoms with van der Waals surface area (Å²) in [5.41, 5.74) is 0.859. The molecule has 138 valence electrons. The number of hydrogen-bond donors (Lipinski definition) is 0. The molecular weight excluding hydrogens is 336 g/mol. The van der Waals surface area contributed by atoms with Crippen LogP contribution >= 0.6 is 0 Å². The topological polar surface area (TPSA) is 57.7 Å². The minimum Gasteiger partial charge on any atom is -0.342 e. The molecule has 1 saturated carbocycles. The van der Waals surface area contributed by atoms with E-state index >= 15 is 0 Å². The number of carbonyl (C=O) groups excluding carboxylic acids is 1. The number of amides is 1. The number of carbonyl (C=O) groups is 1. The molecule has 1 atom stereocenters. The van der Waals surface area contributed by atoms with Crippen molar-refractivity contribution in [3.05, 3.63) is 29.8 Å². The van der Waals surface area contributed by atoms with E-state index in [0.717, 1.165) is 24.8 Å². The molecule has 25 heavy (non-hydrogen) atoms. The van der Waals surface area contributed by atoms with Crippen molar-refractivity contribution in [3.8, 4) is 0 Å². The maximum absolute atomic E-state index is 12.7. The first-order valence-corrected chi connectivity index (χ1v) is 10.7. The molecule has 1 unspecified atom stereocenters. The second kappa shape index (κ2) is 7.46. The highest BCUT2D eigenvalue weighted by molar-refractivity contribution is 7.89. The summed E-state index contributed by atoms with van der Waals surface area (Å²) in [7, 11) is -1.54. The van der Waals surface area contributed by atoms with Crippen LogP contribution in [0.1, 0.15) is 44.6 Å². The molecule has 1 aliphatic heterocycles. The fourth-order valence-electron chi connectivity index (χ4n) is 3.45. The van der Waals surface area contributed by atoms with Crippen molar-refractivity contribution in [2.75, 3.05) is 20.1 Å². The Morgan fingerprint density at radius 1 is 1.16 bits per heavy atom. The molecule has 1 heterocycles. The van der Waals surface area contributed by atoms with Gasteiger partial charge in [-0.05, 0) is 56.2 Å². The standard InChI is InChI=1S/C19H28N2O3S/c1-15(17-8-9-17)20(2)19(22)14-16-6-10-18(11-7-16)25(23,24)21-12-4-3-5-13-21/h6-7,10-11,15,17H,3-5,8-9,12-14H2,1-2H3. The van der Waals surface area contributed by atoms with Crippen LogP contribution in [-0.4, -0.2) is 49.7 Å². The van der Waals surface area contributed by atoms with Gasteiger partial charge in [0.1, 0.15) is 0 Å². The first kappa shape index (κ1) is 18.4. The summed E-state index contributed by atoms with van der Waals surface area (Å²) < 4.78 is 26.9. The van der Waals surface area contributed by atoms with Crippen LogP contribution in [-0.2, 0) is 21.2 Å². The smallest absolute Gasteiger partial charge is 0.243 e. The Morgan fingerprint density at radius 3 is 2.32 bits per heavy atom. The summed E-state index contributed by atoms with van der Waals surface area (Å²) in [5, 5.41) is 0. The summed E-state index contributed by atoms with van der Waals surface area (Å²) in [5.74, 6) is 0.733. The zero-order valence-corrected chi connectivity index (χ0v) is 16.0. The SMILES string of the molecule is CC(C1CC1)N(C)C(=O)Cc1ccc(S(=O)(=O)N2CCCCC2)cc1. The van der Waals surface area contributed by atoms with E-state index in [-0.39, 0.29) is 11.9 Å². The predicted octanol–water partition coefficient (Wildman–Crippen LogP) is 2.66. The maximum atomic E-state index is 12.7. The molecule has 3 rings (SSSR count).